The summed E-state index contributed by atoms with van der Waals surface area (Å²) in [5, 5.41) is 4.91. The summed E-state index contributed by atoms with van der Waals surface area (Å²) in [4.78, 5) is 7.92. The second-order valence-corrected chi connectivity index (χ2v) is 8.59. The summed E-state index contributed by atoms with van der Waals surface area (Å²) in [7, 11) is 0. The summed E-state index contributed by atoms with van der Waals surface area (Å²) < 4.78 is 6.27. The summed E-state index contributed by atoms with van der Waals surface area (Å²) in [6.07, 6.45) is 10.0. The highest BCUT2D eigenvalue weighted by atomic mass is 16.5. The van der Waals surface area contributed by atoms with Gasteiger partial charge in [-0.1, -0.05) is 6.07 Å². The van der Waals surface area contributed by atoms with E-state index in [1.165, 1.54) is 64.5 Å². The van der Waals surface area contributed by atoms with Crippen LogP contribution in [0.4, 0.5) is 0 Å². The summed E-state index contributed by atoms with van der Waals surface area (Å²) >= 11 is 0. The Balaban J connectivity index is 1.51. The van der Waals surface area contributed by atoms with Gasteiger partial charge in [0.05, 0.1) is 12.2 Å². The van der Waals surface area contributed by atoms with Crippen molar-refractivity contribution in [3.8, 4) is 11.1 Å². The van der Waals surface area contributed by atoms with Gasteiger partial charge in [0.1, 0.15) is 5.65 Å². The van der Waals surface area contributed by atoms with E-state index in [0.717, 1.165) is 25.2 Å². The molecule has 4 heterocycles. The van der Waals surface area contributed by atoms with E-state index in [4.69, 9.17) is 4.74 Å². The number of hydrogen-bond acceptors (Lipinski definition) is 3. The minimum atomic E-state index is 0.144. The molecule has 1 aliphatic carbocycles. The van der Waals surface area contributed by atoms with E-state index in [-0.39, 0.29) is 5.60 Å². The van der Waals surface area contributed by atoms with Crippen LogP contribution < -0.4 is 5.32 Å². The third-order valence-electron chi connectivity index (χ3n) is 6.73. The fourth-order valence-corrected chi connectivity index (χ4v) is 4.89. The zero-order chi connectivity index (χ0) is 18.0. The van der Waals surface area contributed by atoms with Gasteiger partial charge >= 0.3 is 0 Å². The van der Waals surface area contributed by atoms with Crippen molar-refractivity contribution < 1.29 is 4.74 Å². The molecule has 1 saturated carbocycles. The highest BCUT2D eigenvalue weighted by Crippen LogP contribution is 2.48. The molecule has 2 fully saturated rings. The first-order valence-electron chi connectivity index (χ1n) is 10.2. The van der Waals surface area contributed by atoms with Crippen molar-refractivity contribution in [3.63, 3.8) is 0 Å². The fourth-order valence-electron chi connectivity index (χ4n) is 4.89. The van der Waals surface area contributed by atoms with Crippen LogP contribution >= 0.6 is 0 Å². The van der Waals surface area contributed by atoms with Crippen LogP contribution in [0.1, 0.15) is 54.0 Å². The molecule has 4 heteroatoms. The number of nitrogens with one attached hydrogen (secondary N) is 2. The van der Waals surface area contributed by atoms with Crippen LogP contribution in [-0.2, 0) is 17.8 Å². The molecule has 1 atom stereocenters. The van der Waals surface area contributed by atoms with Gasteiger partial charge in [0, 0.05) is 35.8 Å². The number of ether oxygens (including phenoxy) is 1. The van der Waals surface area contributed by atoms with Gasteiger partial charge in [-0.05, 0) is 79.1 Å². The Morgan fingerprint density at radius 1 is 1.19 bits per heavy atom. The maximum Gasteiger partial charge on any atom is 0.137 e. The van der Waals surface area contributed by atoms with Crippen LogP contribution in [0.25, 0.3) is 22.2 Å². The summed E-state index contributed by atoms with van der Waals surface area (Å²) in [5.41, 5.74) is 9.24. The molecule has 1 unspecified atom stereocenters. The first-order chi connectivity index (χ1) is 13.2. The van der Waals surface area contributed by atoms with Crippen LogP contribution in [0.15, 0.2) is 30.6 Å². The highest BCUT2D eigenvalue weighted by molar-refractivity contribution is 5.84. The Morgan fingerprint density at radius 3 is 2.93 bits per heavy atom. The largest absolute Gasteiger partial charge is 0.370 e. The fraction of sp³-hybridized carbons (Fsp3) is 0.435. The number of aromatic amines is 1. The Morgan fingerprint density at radius 2 is 2.11 bits per heavy atom. The first kappa shape index (κ1) is 15.8. The van der Waals surface area contributed by atoms with Gasteiger partial charge in [-0.2, -0.15) is 0 Å². The van der Waals surface area contributed by atoms with E-state index in [9.17, 15) is 0 Å². The number of nitrogens with zero attached hydrogens (tertiary/aromatic N) is 1. The van der Waals surface area contributed by atoms with Gasteiger partial charge < -0.3 is 15.0 Å². The lowest BCUT2D eigenvalue weighted by molar-refractivity contribution is 0.00752. The lowest BCUT2D eigenvalue weighted by atomic mass is 9.86. The molecule has 2 N–H and O–H groups in total. The monoisotopic (exact) mass is 359 g/mol. The average molecular weight is 359 g/mol. The van der Waals surface area contributed by atoms with Crippen LogP contribution in [0.3, 0.4) is 0 Å². The maximum atomic E-state index is 6.27. The number of fused-ring (bicyclic) bond motifs is 2. The Kier molecular flexibility index (Phi) is 3.32. The van der Waals surface area contributed by atoms with Gasteiger partial charge in [0.25, 0.3) is 0 Å². The van der Waals surface area contributed by atoms with Crippen molar-refractivity contribution in [1.29, 1.82) is 0 Å². The minimum absolute atomic E-state index is 0.144. The van der Waals surface area contributed by atoms with E-state index in [1.54, 1.807) is 0 Å². The Hall–Kier alpha value is -2.17. The molecule has 1 saturated heterocycles. The topological polar surface area (TPSA) is 49.9 Å². The zero-order valence-corrected chi connectivity index (χ0v) is 15.8. The number of H-pyrrole nitrogens is 1. The SMILES string of the molecule is Cc1c[nH]c2ncc(-c3cc4c(c(C5CCCN5)c3)COC3(CC3)C4)cc12. The molecule has 2 aliphatic heterocycles. The van der Waals surface area contributed by atoms with Crippen LogP contribution in [-0.4, -0.2) is 22.1 Å². The van der Waals surface area contributed by atoms with Crippen molar-refractivity contribution in [2.24, 2.45) is 0 Å². The minimum Gasteiger partial charge on any atom is -0.370 e. The Labute approximate surface area is 159 Å². The second kappa shape index (κ2) is 5.66. The van der Waals surface area contributed by atoms with Gasteiger partial charge in [0.15, 0.2) is 0 Å². The van der Waals surface area contributed by atoms with E-state index in [1.807, 2.05) is 12.4 Å². The quantitative estimate of drug-likeness (QED) is 0.705. The van der Waals surface area contributed by atoms with Gasteiger partial charge in [-0.25, -0.2) is 4.98 Å². The molecule has 1 aromatic carbocycles. The van der Waals surface area contributed by atoms with Gasteiger partial charge in [-0.3, -0.25) is 0 Å². The van der Waals surface area contributed by atoms with Crippen LogP contribution in [0.2, 0.25) is 0 Å². The van der Waals surface area contributed by atoms with Crippen molar-refractivity contribution in [2.45, 2.75) is 57.3 Å². The van der Waals surface area contributed by atoms with E-state index < -0.39 is 0 Å². The summed E-state index contributed by atoms with van der Waals surface area (Å²) in [5.74, 6) is 0. The average Bonchev–Trinajstić information content (AvgIpc) is 3.10. The third kappa shape index (κ3) is 2.54. The Bertz CT molecular complexity index is 1040. The summed E-state index contributed by atoms with van der Waals surface area (Å²) in [6, 6.07) is 7.54. The molecule has 3 aromatic rings. The highest BCUT2D eigenvalue weighted by Gasteiger charge is 2.47. The van der Waals surface area contributed by atoms with E-state index >= 15 is 0 Å². The predicted molar refractivity (Wildman–Crippen MR) is 107 cm³/mol. The normalized spacial score (nSPS) is 23.1. The predicted octanol–water partition coefficient (Wildman–Crippen LogP) is 4.57. The van der Waals surface area contributed by atoms with Crippen molar-refractivity contribution in [2.75, 3.05) is 6.54 Å². The number of benzene rings is 1. The van der Waals surface area contributed by atoms with Gasteiger partial charge in [0.2, 0.25) is 0 Å². The van der Waals surface area contributed by atoms with Crippen molar-refractivity contribution in [1.82, 2.24) is 15.3 Å². The molecule has 1 spiro atoms. The number of aryl methyl sites for hydroxylation is 1. The summed E-state index contributed by atoms with van der Waals surface area (Å²) in [6.45, 7) is 4.03. The molecule has 0 bridgehead atoms. The lowest BCUT2D eigenvalue weighted by Crippen LogP contribution is -2.26. The first-order valence-corrected chi connectivity index (χ1v) is 10.2. The molecule has 27 heavy (non-hydrogen) atoms. The van der Waals surface area contributed by atoms with Crippen LogP contribution in [0, 0.1) is 6.92 Å². The van der Waals surface area contributed by atoms with Gasteiger partial charge in [-0.15, -0.1) is 0 Å². The molecular weight excluding hydrogens is 334 g/mol. The molecule has 138 valence electrons. The van der Waals surface area contributed by atoms with Crippen LogP contribution in [0.5, 0.6) is 0 Å². The van der Waals surface area contributed by atoms with Crippen molar-refractivity contribution >= 4 is 11.0 Å². The molecule has 2 aromatic heterocycles. The number of aromatic nitrogens is 2. The van der Waals surface area contributed by atoms with E-state index in [2.05, 4.69) is 40.4 Å². The molecule has 3 aliphatic rings. The molecule has 0 radical (unpaired) electrons. The maximum absolute atomic E-state index is 6.27. The lowest BCUT2D eigenvalue weighted by Gasteiger charge is -2.29. The third-order valence-corrected chi connectivity index (χ3v) is 6.73. The molecule has 0 amide bonds. The van der Waals surface area contributed by atoms with Crippen molar-refractivity contribution in [3.05, 3.63) is 52.8 Å². The molecular formula is C23H25N3O. The standard InChI is InChI=1S/C23H25N3O/c1-14-11-25-22-18(14)9-17(12-26-22)15-7-16-10-23(4-5-23)27-13-20(16)19(8-15)21-3-2-6-24-21/h7-9,11-12,21,24H,2-6,10,13H2,1H3,(H,25,26). The second-order valence-electron chi connectivity index (χ2n) is 8.59. The number of rotatable bonds is 2. The zero-order valence-electron chi connectivity index (χ0n) is 15.8. The molecule has 4 nitrogen and oxygen atoms in total. The molecule has 6 rings (SSSR count). The number of hydrogen-bond donors (Lipinski definition) is 2. The number of pyridine rings is 1. The van der Waals surface area contributed by atoms with E-state index in [0.29, 0.717) is 6.04 Å². The smallest absolute Gasteiger partial charge is 0.137 e.